The fourth-order valence-corrected chi connectivity index (χ4v) is 10.9. The number of hydrogen-bond donors (Lipinski definition) is 0. The summed E-state index contributed by atoms with van der Waals surface area (Å²) in [5.41, 5.74) is 13.4. The van der Waals surface area contributed by atoms with Crippen LogP contribution in [0, 0.1) is 0 Å². The van der Waals surface area contributed by atoms with E-state index in [0.29, 0.717) is 0 Å². The van der Waals surface area contributed by atoms with E-state index in [1.165, 1.54) is 58.7 Å². The van der Waals surface area contributed by atoms with E-state index in [4.69, 9.17) is 4.42 Å². The summed E-state index contributed by atoms with van der Waals surface area (Å²) in [6.45, 7) is 6.97. The van der Waals surface area contributed by atoms with Crippen LogP contribution in [0.3, 0.4) is 0 Å². The second kappa shape index (κ2) is 14.1. The zero-order chi connectivity index (χ0) is 41.5. The third-order valence-corrected chi connectivity index (χ3v) is 13.7. The standard InChI is InChI=1S/C58H42N2OS/c1-58(2,3)48-35-36-50(56-53(48)47-21-10-12-26-52(47)62-56)59(41-31-27-38(28-32-41)44-22-13-16-37-15-7-8-19-43(37)44)42-33-29-39(30-34-42)45-23-14-25-51-54(45)55-46-20-9-11-24-49(46)60(57(55)61-51)40-17-5-4-6-18-40/h4-36H,1-3H3. The van der Waals surface area contributed by atoms with Crippen molar-refractivity contribution in [3.05, 3.63) is 206 Å². The zero-order valence-corrected chi connectivity index (χ0v) is 35.6. The Bertz CT molecular complexity index is 3650. The number of aromatic nitrogens is 1. The molecule has 0 aliphatic heterocycles. The lowest BCUT2D eigenvalue weighted by Crippen LogP contribution is -2.14. The topological polar surface area (TPSA) is 21.3 Å². The van der Waals surface area contributed by atoms with E-state index >= 15 is 0 Å². The average Bonchev–Trinajstić information content (AvgIpc) is 3.99. The van der Waals surface area contributed by atoms with E-state index < -0.39 is 0 Å². The fraction of sp³-hybridized carbons (Fsp3) is 0.0690. The van der Waals surface area contributed by atoms with E-state index in [1.54, 1.807) is 0 Å². The van der Waals surface area contributed by atoms with Gasteiger partial charge in [-0.2, -0.15) is 0 Å². The van der Waals surface area contributed by atoms with Gasteiger partial charge in [0.2, 0.25) is 5.71 Å². The lowest BCUT2D eigenvalue weighted by Gasteiger charge is -2.28. The predicted octanol–water partition coefficient (Wildman–Crippen LogP) is 17.2. The highest BCUT2D eigenvalue weighted by atomic mass is 32.1. The Balaban J connectivity index is 1.04. The summed E-state index contributed by atoms with van der Waals surface area (Å²) in [5, 5.41) is 8.61. The van der Waals surface area contributed by atoms with Crippen molar-refractivity contribution < 1.29 is 4.42 Å². The van der Waals surface area contributed by atoms with Gasteiger partial charge in [0.05, 0.1) is 21.3 Å². The first-order chi connectivity index (χ1) is 30.4. The molecule has 0 bridgehead atoms. The normalized spacial score (nSPS) is 12.1. The second-order valence-corrected chi connectivity index (χ2v) is 18.3. The van der Waals surface area contributed by atoms with Gasteiger partial charge in [-0.3, -0.25) is 4.57 Å². The molecule has 62 heavy (non-hydrogen) atoms. The molecule has 0 saturated heterocycles. The quantitative estimate of drug-likeness (QED) is 0.167. The van der Waals surface area contributed by atoms with E-state index in [9.17, 15) is 0 Å². The van der Waals surface area contributed by atoms with Crippen molar-refractivity contribution in [3.63, 3.8) is 0 Å². The molecule has 0 fully saturated rings. The molecule has 0 radical (unpaired) electrons. The molecule has 0 spiro atoms. The smallest absolute Gasteiger partial charge is 0.213 e. The number of anilines is 3. The van der Waals surface area contributed by atoms with Crippen LogP contribution in [0.25, 0.3) is 91.9 Å². The van der Waals surface area contributed by atoms with Gasteiger partial charge in [-0.25, -0.2) is 0 Å². The maximum atomic E-state index is 6.78. The number of furan rings is 1. The highest BCUT2D eigenvalue weighted by Crippen LogP contribution is 2.49. The molecule has 296 valence electrons. The second-order valence-electron chi connectivity index (χ2n) is 17.3. The Kier molecular flexibility index (Phi) is 8.28. The van der Waals surface area contributed by atoms with Crippen molar-refractivity contribution in [2.45, 2.75) is 26.2 Å². The monoisotopic (exact) mass is 814 g/mol. The van der Waals surface area contributed by atoms with Gasteiger partial charge in [-0.1, -0.05) is 160 Å². The Hall–Kier alpha value is -7.40. The van der Waals surface area contributed by atoms with Crippen molar-refractivity contribution in [1.29, 1.82) is 0 Å². The Labute approximate surface area is 364 Å². The van der Waals surface area contributed by atoms with Gasteiger partial charge in [0.15, 0.2) is 0 Å². The number of nitrogens with zero attached hydrogens (tertiary/aromatic N) is 2. The third-order valence-electron chi connectivity index (χ3n) is 12.5. The molecule has 0 amide bonds. The van der Waals surface area contributed by atoms with Gasteiger partial charge in [0.25, 0.3) is 0 Å². The predicted molar refractivity (Wildman–Crippen MR) is 265 cm³/mol. The van der Waals surface area contributed by atoms with Crippen LogP contribution >= 0.6 is 11.3 Å². The molecule has 0 N–H and O–H groups in total. The molecule has 0 unspecified atom stereocenters. The summed E-state index contributed by atoms with van der Waals surface area (Å²) in [5.74, 6) is 0. The molecule has 12 rings (SSSR count). The van der Waals surface area contributed by atoms with Crippen molar-refractivity contribution in [3.8, 4) is 27.9 Å². The van der Waals surface area contributed by atoms with E-state index in [2.05, 4.69) is 230 Å². The summed E-state index contributed by atoms with van der Waals surface area (Å²) in [4.78, 5) is 2.45. The maximum Gasteiger partial charge on any atom is 0.213 e. The van der Waals surface area contributed by atoms with Crippen molar-refractivity contribution in [2.24, 2.45) is 0 Å². The molecule has 12 aromatic rings. The van der Waals surface area contributed by atoms with Crippen LogP contribution in [0.2, 0.25) is 0 Å². The van der Waals surface area contributed by atoms with Crippen LogP contribution in [-0.4, -0.2) is 4.57 Å². The van der Waals surface area contributed by atoms with Gasteiger partial charge in [0.1, 0.15) is 5.58 Å². The number of rotatable bonds is 6. The summed E-state index contributed by atoms with van der Waals surface area (Å²) < 4.78 is 11.6. The minimum absolute atomic E-state index is 0.0276. The molecular formula is C58H42N2OS. The summed E-state index contributed by atoms with van der Waals surface area (Å²) >= 11 is 1.89. The van der Waals surface area contributed by atoms with Gasteiger partial charge in [0, 0.05) is 43.3 Å². The first kappa shape index (κ1) is 36.5. The Morgan fingerprint density at radius 2 is 1.10 bits per heavy atom. The van der Waals surface area contributed by atoms with Crippen LogP contribution in [-0.2, 0) is 5.41 Å². The summed E-state index contributed by atoms with van der Waals surface area (Å²) in [6.07, 6.45) is 0. The zero-order valence-electron chi connectivity index (χ0n) is 34.8. The molecule has 0 atom stereocenters. The highest BCUT2D eigenvalue weighted by molar-refractivity contribution is 7.26. The van der Waals surface area contributed by atoms with Crippen molar-refractivity contribution >= 4 is 92.3 Å². The van der Waals surface area contributed by atoms with Gasteiger partial charge >= 0.3 is 0 Å². The highest BCUT2D eigenvalue weighted by Gasteiger charge is 2.26. The minimum atomic E-state index is -0.0276. The Morgan fingerprint density at radius 1 is 0.484 bits per heavy atom. The average molecular weight is 815 g/mol. The Morgan fingerprint density at radius 3 is 1.85 bits per heavy atom. The number of hydrogen-bond acceptors (Lipinski definition) is 3. The third kappa shape index (κ3) is 5.71. The molecule has 0 aliphatic carbocycles. The fourth-order valence-electron chi connectivity index (χ4n) is 9.71. The van der Waals surface area contributed by atoms with Crippen LogP contribution in [0.15, 0.2) is 205 Å². The van der Waals surface area contributed by atoms with Crippen molar-refractivity contribution in [1.82, 2.24) is 4.57 Å². The van der Waals surface area contributed by atoms with Gasteiger partial charge in [-0.05, 0) is 105 Å². The lowest BCUT2D eigenvalue weighted by atomic mass is 9.84. The number of benzene rings is 9. The number of fused-ring (bicyclic) bond motifs is 9. The molecular weight excluding hydrogens is 773 g/mol. The first-order valence-corrected chi connectivity index (χ1v) is 22.2. The minimum Gasteiger partial charge on any atom is -0.439 e. The van der Waals surface area contributed by atoms with E-state index in [1.807, 2.05) is 11.3 Å². The largest absolute Gasteiger partial charge is 0.439 e. The number of para-hydroxylation sites is 2. The molecule has 3 nitrogen and oxygen atoms in total. The van der Waals surface area contributed by atoms with Gasteiger partial charge in [-0.15, -0.1) is 11.3 Å². The van der Waals surface area contributed by atoms with Crippen LogP contribution in [0.5, 0.6) is 0 Å². The molecule has 3 heterocycles. The number of thiophene rings is 1. The lowest BCUT2D eigenvalue weighted by molar-refractivity contribution is 0.596. The van der Waals surface area contributed by atoms with E-state index in [-0.39, 0.29) is 5.41 Å². The molecule has 9 aromatic carbocycles. The van der Waals surface area contributed by atoms with Gasteiger partial charge < -0.3 is 9.32 Å². The van der Waals surface area contributed by atoms with Crippen molar-refractivity contribution in [2.75, 3.05) is 4.90 Å². The van der Waals surface area contributed by atoms with Crippen LogP contribution in [0.4, 0.5) is 17.1 Å². The SMILES string of the molecule is CC(C)(C)c1ccc(N(c2ccc(-c3cccc4ccccc34)cc2)c2ccc(-c3cccc4oc5c(c6ccccc6n5-c5ccccc5)c34)cc2)c2sc3ccccc3c12. The molecule has 0 saturated carbocycles. The summed E-state index contributed by atoms with van der Waals surface area (Å²) in [6, 6.07) is 72.6. The van der Waals surface area contributed by atoms with Crippen LogP contribution < -0.4 is 4.90 Å². The maximum absolute atomic E-state index is 6.78. The van der Waals surface area contributed by atoms with E-state index in [0.717, 1.165) is 55.8 Å². The molecule has 3 aromatic heterocycles. The van der Waals surface area contributed by atoms with Crippen LogP contribution in [0.1, 0.15) is 26.3 Å². The first-order valence-electron chi connectivity index (χ1n) is 21.3. The molecule has 0 aliphatic rings. The molecule has 4 heteroatoms. The summed E-state index contributed by atoms with van der Waals surface area (Å²) in [7, 11) is 0.